The first-order chi connectivity index (χ1) is 27.3. The van der Waals surface area contributed by atoms with Crippen LogP contribution in [0.15, 0.2) is 186 Å². The molecule has 11 rings (SSSR count). The number of para-hydroxylation sites is 4. The molecule has 0 spiro atoms. The van der Waals surface area contributed by atoms with Crippen LogP contribution in [0.2, 0.25) is 0 Å². The van der Waals surface area contributed by atoms with E-state index in [0.717, 1.165) is 88.9 Å². The first-order valence-corrected chi connectivity index (χ1v) is 18.2. The van der Waals surface area contributed by atoms with Gasteiger partial charge in [-0.15, -0.1) is 10.2 Å². The number of fused-ring (bicyclic) bond motifs is 6. The Balaban J connectivity index is 1.11. The average Bonchev–Trinajstić information content (AvgIpc) is 3.98. The maximum Gasteiger partial charge on any atom is 0.250 e. The van der Waals surface area contributed by atoms with Crippen LogP contribution in [0.1, 0.15) is 0 Å². The Hall–Kier alpha value is -7.64. The Kier molecular flexibility index (Phi) is 7.03. The summed E-state index contributed by atoms with van der Waals surface area (Å²) in [4.78, 5) is 10.4. The van der Waals surface area contributed by atoms with E-state index in [-0.39, 0.29) is 0 Å². The SMILES string of the molecule is c1ccc(-c2cccc(-n3c4ccccc4c4cccc(-c5nnc(-c6cccc7c8ccccc8n(-c8cccc(-c9ccccc9)n8)c67)o5)c43)n2)cc1. The van der Waals surface area contributed by atoms with Crippen molar-refractivity contribution in [2.24, 2.45) is 0 Å². The summed E-state index contributed by atoms with van der Waals surface area (Å²) in [7, 11) is 0. The number of aromatic nitrogens is 6. The molecule has 0 unspecified atom stereocenters. The van der Waals surface area contributed by atoms with Crippen molar-refractivity contribution in [2.75, 3.05) is 0 Å². The van der Waals surface area contributed by atoms with E-state index in [1.54, 1.807) is 0 Å². The number of benzene rings is 6. The predicted octanol–water partition coefficient (Wildman–Crippen LogP) is 11.7. The summed E-state index contributed by atoms with van der Waals surface area (Å²) in [5.74, 6) is 2.46. The molecule has 0 atom stereocenters. The summed E-state index contributed by atoms with van der Waals surface area (Å²) < 4.78 is 11.2. The molecular formula is C48H30N6O. The van der Waals surface area contributed by atoms with Gasteiger partial charge in [-0.05, 0) is 48.5 Å². The van der Waals surface area contributed by atoms with Crippen LogP contribution >= 0.6 is 0 Å². The molecule has 258 valence electrons. The Morgan fingerprint density at radius 1 is 0.345 bits per heavy atom. The van der Waals surface area contributed by atoms with E-state index in [9.17, 15) is 0 Å². The minimum atomic E-state index is 0.424. The van der Waals surface area contributed by atoms with E-state index in [2.05, 4.69) is 130 Å². The molecule has 7 nitrogen and oxygen atoms in total. The van der Waals surface area contributed by atoms with Gasteiger partial charge in [0.2, 0.25) is 11.8 Å². The van der Waals surface area contributed by atoms with E-state index >= 15 is 0 Å². The number of hydrogen-bond donors (Lipinski definition) is 0. The van der Waals surface area contributed by atoms with Crippen molar-refractivity contribution in [3.63, 3.8) is 0 Å². The Morgan fingerprint density at radius 3 is 1.22 bits per heavy atom. The number of rotatable bonds is 6. The molecule has 0 aliphatic rings. The summed E-state index contributed by atoms with van der Waals surface area (Å²) in [6.07, 6.45) is 0. The van der Waals surface area contributed by atoms with Crippen LogP contribution in [-0.2, 0) is 0 Å². The lowest BCUT2D eigenvalue weighted by atomic mass is 10.1. The van der Waals surface area contributed by atoms with Gasteiger partial charge in [0.05, 0.1) is 44.6 Å². The van der Waals surface area contributed by atoms with Crippen molar-refractivity contribution in [1.29, 1.82) is 0 Å². The first kappa shape index (κ1) is 30.9. The van der Waals surface area contributed by atoms with Crippen LogP contribution in [0, 0.1) is 0 Å². The maximum atomic E-state index is 6.74. The molecule has 0 N–H and O–H groups in total. The zero-order valence-corrected chi connectivity index (χ0v) is 29.4. The molecule has 6 aromatic carbocycles. The summed E-state index contributed by atoms with van der Waals surface area (Å²) in [6.45, 7) is 0. The van der Waals surface area contributed by atoms with Crippen molar-refractivity contribution < 1.29 is 4.42 Å². The molecule has 0 aliphatic carbocycles. The topological polar surface area (TPSA) is 74.6 Å². The lowest BCUT2D eigenvalue weighted by Crippen LogP contribution is -1.99. The smallest absolute Gasteiger partial charge is 0.250 e. The lowest BCUT2D eigenvalue weighted by molar-refractivity contribution is 0.585. The van der Waals surface area contributed by atoms with Gasteiger partial charge in [0, 0.05) is 32.7 Å². The van der Waals surface area contributed by atoms with Crippen molar-refractivity contribution >= 4 is 43.6 Å². The summed E-state index contributed by atoms with van der Waals surface area (Å²) in [5, 5.41) is 13.8. The van der Waals surface area contributed by atoms with Crippen molar-refractivity contribution in [3.05, 3.63) is 182 Å². The van der Waals surface area contributed by atoms with Gasteiger partial charge in [0.15, 0.2) is 0 Å². The normalized spacial score (nSPS) is 11.6. The molecule has 7 heteroatoms. The van der Waals surface area contributed by atoms with Gasteiger partial charge >= 0.3 is 0 Å². The van der Waals surface area contributed by atoms with E-state index in [4.69, 9.17) is 24.6 Å². The van der Waals surface area contributed by atoms with Crippen LogP contribution < -0.4 is 0 Å². The molecule has 55 heavy (non-hydrogen) atoms. The van der Waals surface area contributed by atoms with E-state index in [1.165, 1.54) is 0 Å². The van der Waals surface area contributed by atoms with Gasteiger partial charge < -0.3 is 4.42 Å². The highest BCUT2D eigenvalue weighted by atomic mass is 16.4. The molecular weight excluding hydrogens is 677 g/mol. The summed E-state index contributed by atoms with van der Waals surface area (Å²) in [5.41, 5.74) is 9.54. The second-order valence-electron chi connectivity index (χ2n) is 13.5. The fourth-order valence-electron chi connectivity index (χ4n) is 7.93. The first-order valence-electron chi connectivity index (χ1n) is 18.2. The molecule has 0 bridgehead atoms. The Labute approximate surface area is 315 Å². The zero-order chi connectivity index (χ0) is 36.3. The second-order valence-corrected chi connectivity index (χ2v) is 13.5. The molecule has 5 aromatic heterocycles. The molecule has 0 saturated carbocycles. The van der Waals surface area contributed by atoms with Crippen molar-refractivity contribution in [1.82, 2.24) is 29.3 Å². The molecule has 0 saturated heterocycles. The van der Waals surface area contributed by atoms with Crippen LogP contribution in [0.3, 0.4) is 0 Å². The van der Waals surface area contributed by atoms with Gasteiger partial charge in [0.25, 0.3) is 0 Å². The largest absolute Gasteiger partial charge is 0.416 e. The van der Waals surface area contributed by atoms with E-state index in [0.29, 0.717) is 11.8 Å². The standard InChI is InChI=1S/C48H30N6O/c1-3-15-31(16-4-1)39-25-13-29-43(49-39)53-41-27-9-7-19-33(41)35-21-11-23-37(45(35)53)47-51-52-48(55-47)38-24-12-22-36-34-20-8-10-28-42(34)54(46(36)38)44-30-14-26-40(50-44)32-17-5-2-6-18-32/h1-30H. The summed E-state index contributed by atoms with van der Waals surface area (Å²) >= 11 is 0. The van der Waals surface area contributed by atoms with Crippen LogP contribution in [0.25, 0.3) is 101 Å². The third-order valence-electron chi connectivity index (χ3n) is 10.3. The minimum Gasteiger partial charge on any atom is -0.416 e. The summed E-state index contributed by atoms with van der Waals surface area (Å²) in [6, 6.07) is 62.2. The van der Waals surface area contributed by atoms with Gasteiger partial charge in [-0.25, -0.2) is 9.97 Å². The third kappa shape index (κ3) is 4.98. The Bertz CT molecular complexity index is 3000. The van der Waals surface area contributed by atoms with Gasteiger partial charge in [0.1, 0.15) is 11.6 Å². The number of pyridine rings is 2. The van der Waals surface area contributed by atoms with Crippen LogP contribution in [-0.4, -0.2) is 29.3 Å². The quantitative estimate of drug-likeness (QED) is 0.172. The van der Waals surface area contributed by atoms with Gasteiger partial charge in [-0.1, -0.05) is 133 Å². The predicted molar refractivity (Wildman–Crippen MR) is 220 cm³/mol. The number of nitrogens with zero attached hydrogens (tertiary/aromatic N) is 6. The number of hydrogen-bond acceptors (Lipinski definition) is 5. The Morgan fingerprint density at radius 2 is 0.745 bits per heavy atom. The third-order valence-corrected chi connectivity index (χ3v) is 10.3. The zero-order valence-electron chi connectivity index (χ0n) is 29.4. The highest BCUT2D eigenvalue weighted by molar-refractivity contribution is 6.14. The van der Waals surface area contributed by atoms with Gasteiger partial charge in [-0.2, -0.15) is 0 Å². The highest BCUT2D eigenvalue weighted by Crippen LogP contribution is 2.41. The maximum absolute atomic E-state index is 6.74. The molecule has 0 amide bonds. The molecule has 11 aromatic rings. The van der Waals surface area contributed by atoms with Crippen molar-refractivity contribution in [3.8, 4) is 57.1 Å². The molecule has 0 fully saturated rings. The molecule has 0 radical (unpaired) electrons. The lowest BCUT2D eigenvalue weighted by Gasteiger charge is -2.11. The van der Waals surface area contributed by atoms with Crippen LogP contribution in [0.4, 0.5) is 0 Å². The fraction of sp³-hybridized carbons (Fsp3) is 0. The second kappa shape index (κ2) is 12.5. The van der Waals surface area contributed by atoms with Crippen molar-refractivity contribution in [2.45, 2.75) is 0 Å². The highest BCUT2D eigenvalue weighted by Gasteiger charge is 2.23. The van der Waals surface area contributed by atoms with E-state index in [1.807, 2.05) is 60.7 Å². The average molecular weight is 707 g/mol. The minimum absolute atomic E-state index is 0.424. The molecule has 5 heterocycles. The monoisotopic (exact) mass is 706 g/mol. The van der Waals surface area contributed by atoms with E-state index < -0.39 is 0 Å². The molecule has 0 aliphatic heterocycles. The fourth-order valence-corrected chi connectivity index (χ4v) is 7.93. The van der Waals surface area contributed by atoms with Crippen LogP contribution in [0.5, 0.6) is 0 Å². The van der Waals surface area contributed by atoms with Gasteiger partial charge in [-0.3, -0.25) is 9.13 Å².